The van der Waals surface area contributed by atoms with Crippen molar-refractivity contribution >= 4 is 26.5 Å². The van der Waals surface area contributed by atoms with E-state index in [1.165, 1.54) is 4.31 Å². The normalized spacial score (nSPS) is 15.8. The smallest absolute Gasteiger partial charge is 0.245 e. The number of rotatable bonds is 6. The minimum atomic E-state index is -3.97. The molecule has 163 valence electrons. The van der Waals surface area contributed by atoms with Gasteiger partial charge in [0.25, 0.3) is 0 Å². The van der Waals surface area contributed by atoms with E-state index in [9.17, 15) is 17.2 Å². The summed E-state index contributed by atoms with van der Waals surface area (Å²) in [6, 6.07) is 11.6. The summed E-state index contributed by atoms with van der Waals surface area (Å²) in [5.74, 6) is -1.58. The Balaban J connectivity index is 1.33. The van der Waals surface area contributed by atoms with Crippen LogP contribution in [0.2, 0.25) is 0 Å². The molecule has 1 radical (unpaired) electrons. The van der Waals surface area contributed by atoms with Gasteiger partial charge in [-0.25, -0.2) is 22.2 Å². The van der Waals surface area contributed by atoms with Crippen LogP contribution >= 0.6 is 11.3 Å². The van der Waals surface area contributed by atoms with Crippen LogP contribution in [0.5, 0.6) is 0 Å². The largest absolute Gasteiger partial charge is 0.361 e. The van der Waals surface area contributed by atoms with E-state index in [2.05, 4.69) is 22.4 Å². The van der Waals surface area contributed by atoms with Crippen LogP contribution in [0.3, 0.4) is 0 Å². The first kappa shape index (κ1) is 21.9. The van der Waals surface area contributed by atoms with Gasteiger partial charge in [-0.1, -0.05) is 23.5 Å². The van der Waals surface area contributed by atoms with Gasteiger partial charge >= 0.3 is 0 Å². The third-order valence-electron chi connectivity index (χ3n) is 5.36. The summed E-state index contributed by atoms with van der Waals surface area (Å²) in [6.07, 6.45) is 3.15. The molecule has 1 aliphatic rings. The summed E-state index contributed by atoms with van der Waals surface area (Å²) in [6.45, 7) is 3.29. The highest BCUT2D eigenvalue weighted by atomic mass is 32.2. The summed E-state index contributed by atoms with van der Waals surface area (Å²) in [7, 11) is -3.97. The molecule has 1 fully saturated rings. The van der Waals surface area contributed by atoms with Gasteiger partial charge < -0.3 is 5.32 Å². The molecule has 2 aromatic carbocycles. The average Bonchev–Trinajstić information content (AvgIpc) is 3.21. The van der Waals surface area contributed by atoms with Crippen LogP contribution in [0.25, 0.3) is 10.4 Å². The van der Waals surface area contributed by atoms with Gasteiger partial charge in [0, 0.05) is 31.9 Å². The Labute approximate surface area is 184 Å². The van der Waals surface area contributed by atoms with E-state index in [1.54, 1.807) is 11.3 Å². The van der Waals surface area contributed by atoms with Crippen molar-refractivity contribution in [3.63, 3.8) is 0 Å². The molecule has 0 saturated carbocycles. The quantitative estimate of drug-likeness (QED) is 0.576. The van der Waals surface area contributed by atoms with E-state index in [-0.39, 0.29) is 5.92 Å². The molecule has 0 amide bonds. The van der Waals surface area contributed by atoms with Crippen LogP contribution in [0.4, 0.5) is 13.9 Å². The van der Waals surface area contributed by atoms with E-state index in [1.807, 2.05) is 25.3 Å². The van der Waals surface area contributed by atoms with E-state index in [0.717, 1.165) is 33.3 Å². The number of nitrogens with one attached hydrogen (secondary N) is 1. The van der Waals surface area contributed by atoms with E-state index in [4.69, 9.17) is 0 Å². The maximum Gasteiger partial charge on any atom is 0.245 e. The Morgan fingerprint density at radius 2 is 2.00 bits per heavy atom. The van der Waals surface area contributed by atoms with Crippen molar-refractivity contribution in [2.24, 2.45) is 5.92 Å². The second kappa shape index (κ2) is 9.02. The molecule has 0 bridgehead atoms. The van der Waals surface area contributed by atoms with Gasteiger partial charge in [-0.3, -0.25) is 0 Å². The SMILES string of the molecule is Cc1[c]ccc(-c2cnc(NCC3CCN(S(=O)(=O)c4ccc(F)cc4F)CC3)s2)c1. The summed E-state index contributed by atoms with van der Waals surface area (Å²) in [4.78, 5) is 5.03. The fraction of sp³-hybridized carbons (Fsp3) is 0.318. The van der Waals surface area contributed by atoms with Gasteiger partial charge in [-0.15, -0.1) is 0 Å². The molecule has 0 atom stereocenters. The van der Waals surface area contributed by atoms with Gasteiger partial charge in [0.2, 0.25) is 10.0 Å². The molecular weight excluding hydrogens is 440 g/mol. The predicted octanol–water partition coefficient (Wildman–Crippen LogP) is 4.71. The zero-order valence-corrected chi connectivity index (χ0v) is 18.6. The topological polar surface area (TPSA) is 62.3 Å². The Hall–Kier alpha value is -2.36. The molecule has 0 aliphatic carbocycles. The summed E-state index contributed by atoms with van der Waals surface area (Å²) < 4.78 is 53.8. The number of anilines is 1. The van der Waals surface area contributed by atoms with Crippen LogP contribution in [0.15, 0.2) is 47.5 Å². The van der Waals surface area contributed by atoms with Gasteiger partial charge in [0.15, 0.2) is 5.13 Å². The molecule has 3 aromatic rings. The number of nitrogens with zero attached hydrogens (tertiary/aromatic N) is 2. The number of aromatic nitrogens is 1. The third kappa shape index (κ3) is 4.94. The summed E-state index contributed by atoms with van der Waals surface area (Å²) in [5, 5.41) is 4.17. The first-order valence-corrected chi connectivity index (χ1v) is 12.2. The fourth-order valence-corrected chi connectivity index (χ4v) is 5.97. The lowest BCUT2D eigenvalue weighted by Gasteiger charge is -2.31. The molecular formula is C22H22F2N3O2S2. The molecule has 9 heteroatoms. The fourth-order valence-electron chi connectivity index (χ4n) is 3.64. The zero-order valence-electron chi connectivity index (χ0n) is 16.9. The number of hydrogen-bond acceptors (Lipinski definition) is 5. The second-order valence-corrected chi connectivity index (χ2v) is 10.5. The van der Waals surface area contributed by atoms with Crippen LogP contribution < -0.4 is 5.32 Å². The number of benzene rings is 2. The zero-order chi connectivity index (χ0) is 22.0. The standard InChI is InChI=1S/C22H22F2N3O2S2/c1-15-3-2-4-17(11-15)20-14-26-22(30-20)25-13-16-7-9-27(10-8-16)31(28,29)21-6-5-18(23)12-19(21)24/h2,4-6,11-12,14,16H,7-10,13H2,1H3,(H,25,26). The Kier molecular flexibility index (Phi) is 6.36. The monoisotopic (exact) mass is 462 g/mol. The number of sulfonamides is 1. The molecule has 2 heterocycles. The molecule has 5 nitrogen and oxygen atoms in total. The van der Waals surface area contributed by atoms with E-state index < -0.39 is 26.6 Å². The van der Waals surface area contributed by atoms with Crippen molar-refractivity contribution in [3.05, 3.63) is 65.9 Å². The first-order chi connectivity index (χ1) is 14.8. The van der Waals surface area contributed by atoms with Gasteiger partial charge in [-0.2, -0.15) is 4.31 Å². The molecule has 1 N–H and O–H groups in total. The Morgan fingerprint density at radius 3 is 2.71 bits per heavy atom. The molecule has 0 spiro atoms. The maximum atomic E-state index is 14.0. The average molecular weight is 463 g/mol. The molecule has 0 unspecified atom stereocenters. The lowest BCUT2D eigenvalue weighted by Crippen LogP contribution is -2.40. The lowest BCUT2D eigenvalue weighted by molar-refractivity contribution is 0.281. The molecule has 31 heavy (non-hydrogen) atoms. The van der Waals surface area contributed by atoms with Crippen molar-refractivity contribution in [2.75, 3.05) is 25.0 Å². The van der Waals surface area contributed by atoms with Crippen LogP contribution in [0.1, 0.15) is 18.4 Å². The summed E-state index contributed by atoms with van der Waals surface area (Å²) in [5.41, 5.74) is 2.18. The van der Waals surface area contributed by atoms with Crippen molar-refractivity contribution in [1.29, 1.82) is 0 Å². The van der Waals surface area contributed by atoms with Gasteiger partial charge in [-0.05, 0) is 61.1 Å². The molecule has 1 saturated heterocycles. The van der Waals surface area contributed by atoms with Crippen LogP contribution in [0, 0.1) is 30.5 Å². The first-order valence-electron chi connectivity index (χ1n) is 9.96. The predicted molar refractivity (Wildman–Crippen MR) is 117 cm³/mol. The summed E-state index contributed by atoms with van der Waals surface area (Å²) >= 11 is 1.57. The third-order valence-corrected chi connectivity index (χ3v) is 8.30. The maximum absolute atomic E-state index is 14.0. The van der Waals surface area contributed by atoms with Crippen LogP contribution in [-0.2, 0) is 10.0 Å². The lowest BCUT2D eigenvalue weighted by atomic mass is 9.98. The number of thiazole rings is 1. The number of piperidine rings is 1. The Bertz CT molecular complexity index is 1170. The Morgan fingerprint density at radius 1 is 1.23 bits per heavy atom. The highest BCUT2D eigenvalue weighted by molar-refractivity contribution is 7.89. The number of hydrogen-bond donors (Lipinski definition) is 1. The molecule has 1 aromatic heterocycles. The second-order valence-electron chi connectivity index (χ2n) is 7.59. The van der Waals surface area contributed by atoms with Crippen molar-refractivity contribution in [2.45, 2.75) is 24.7 Å². The highest BCUT2D eigenvalue weighted by Crippen LogP contribution is 2.30. The molecule has 1 aliphatic heterocycles. The minimum absolute atomic E-state index is 0.283. The highest BCUT2D eigenvalue weighted by Gasteiger charge is 2.31. The van der Waals surface area contributed by atoms with Crippen molar-refractivity contribution in [3.8, 4) is 10.4 Å². The van der Waals surface area contributed by atoms with Gasteiger partial charge in [0.1, 0.15) is 16.5 Å². The number of aryl methyl sites for hydroxylation is 1. The van der Waals surface area contributed by atoms with E-state index in [0.29, 0.717) is 38.5 Å². The van der Waals surface area contributed by atoms with Crippen LogP contribution in [-0.4, -0.2) is 37.3 Å². The number of halogens is 2. The minimum Gasteiger partial charge on any atom is -0.361 e. The van der Waals surface area contributed by atoms with Crippen molar-refractivity contribution < 1.29 is 17.2 Å². The van der Waals surface area contributed by atoms with E-state index >= 15 is 0 Å². The molecule has 4 rings (SSSR count). The van der Waals surface area contributed by atoms with Gasteiger partial charge in [0.05, 0.1) is 4.88 Å². The van der Waals surface area contributed by atoms with Crippen molar-refractivity contribution in [1.82, 2.24) is 9.29 Å².